The van der Waals surface area contributed by atoms with Gasteiger partial charge >= 0.3 is 0 Å². The molecule has 0 aromatic heterocycles. The first kappa shape index (κ1) is 17.0. The van der Waals surface area contributed by atoms with E-state index in [2.05, 4.69) is 31.0 Å². The number of likely N-dealkylation sites (tertiary alicyclic amines) is 1. The Morgan fingerprint density at radius 1 is 1.16 bits per heavy atom. The van der Waals surface area contributed by atoms with Gasteiger partial charge in [-0.05, 0) is 71.1 Å². The molecule has 2 atom stereocenters. The van der Waals surface area contributed by atoms with Crippen LogP contribution in [0, 0.1) is 5.92 Å². The minimum atomic E-state index is 0.697. The maximum Gasteiger partial charge on any atom is 0.00386 e. The molecule has 1 aliphatic heterocycles. The standard InChI is InChI=1S/C17H36N2/c1-4-9-17-11-8-14-19(15-12-17)13-7-6-10-16(3)18-5-2/h16-18H,4-15H2,1-3H3. The normalized spacial score (nSPS) is 23.2. The predicted octanol–water partition coefficient (Wildman–Crippen LogP) is 4.06. The Morgan fingerprint density at radius 2 is 2.00 bits per heavy atom. The van der Waals surface area contributed by atoms with E-state index in [9.17, 15) is 0 Å². The van der Waals surface area contributed by atoms with Crippen molar-refractivity contribution in [2.45, 2.75) is 78.2 Å². The van der Waals surface area contributed by atoms with E-state index in [0.29, 0.717) is 6.04 Å². The summed E-state index contributed by atoms with van der Waals surface area (Å²) in [6.45, 7) is 12.0. The van der Waals surface area contributed by atoms with Crippen molar-refractivity contribution in [1.29, 1.82) is 0 Å². The summed E-state index contributed by atoms with van der Waals surface area (Å²) in [6, 6.07) is 0.697. The van der Waals surface area contributed by atoms with Crippen LogP contribution in [0.2, 0.25) is 0 Å². The van der Waals surface area contributed by atoms with Crippen LogP contribution in [0.25, 0.3) is 0 Å². The Bertz CT molecular complexity index is 205. The Labute approximate surface area is 121 Å². The Morgan fingerprint density at radius 3 is 2.74 bits per heavy atom. The largest absolute Gasteiger partial charge is 0.315 e. The van der Waals surface area contributed by atoms with E-state index >= 15 is 0 Å². The molecule has 0 amide bonds. The van der Waals surface area contributed by atoms with Crippen molar-refractivity contribution in [2.24, 2.45) is 5.92 Å². The molecule has 1 aliphatic rings. The van der Waals surface area contributed by atoms with Gasteiger partial charge < -0.3 is 10.2 Å². The van der Waals surface area contributed by atoms with E-state index in [1.807, 2.05) is 0 Å². The third kappa shape index (κ3) is 7.94. The Balaban J connectivity index is 2.06. The molecule has 0 saturated carbocycles. The van der Waals surface area contributed by atoms with Crippen LogP contribution in [0.3, 0.4) is 0 Å². The number of nitrogens with one attached hydrogen (secondary N) is 1. The van der Waals surface area contributed by atoms with Crippen molar-refractivity contribution < 1.29 is 0 Å². The number of nitrogens with zero attached hydrogens (tertiary/aromatic N) is 1. The molecule has 2 nitrogen and oxygen atoms in total. The Kier molecular flexibility index (Phi) is 9.54. The molecule has 114 valence electrons. The smallest absolute Gasteiger partial charge is 0.00386 e. The van der Waals surface area contributed by atoms with Gasteiger partial charge in [-0.25, -0.2) is 0 Å². The number of rotatable bonds is 9. The average molecular weight is 268 g/mol. The quantitative estimate of drug-likeness (QED) is 0.635. The van der Waals surface area contributed by atoms with Crippen molar-refractivity contribution >= 4 is 0 Å². The minimum Gasteiger partial charge on any atom is -0.315 e. The fourth-order valence-corrected chi connectivity index (χ4v) is 3.38. The molecule has 0 aromatic rings. The highest BCUT2D eigenvalue weighted by molar-refractivity contribution is 4.70. The minimum absolute atomic E-state index is 0.697. The highest BCUT2D eigenvalue weighted by atomic mass is 15.1. The van der Waals surface area contributed by atoms with Gasteiger partial charge in [-0.2, -0.15) is 0 Å². The van der Waals surface area contributed by atoms with Gasteiger partial charge in [-0.15, -0.1) is 0 Å². The summed E-state index contributed by atoms with van der Waals surface area (Å²) in [4.78, 5) is 2.72. The van der Waals surface area contributed by atoms with Gasteiger partial charge in [0, 0.05) is 6.04 Å². The molecule has 1 N–H and O–H groups in total. The SMILES string of the molecule is CCCC1CCCN(CCCCC(C)NCC)CC1. The molecule has 1 saturated heterocycles. The van der Waals surface area contributed by atoms with Crippen LogP contribution in [-0.4, -0.2) is 37.1 Å². The summed E-state index contributed by atoms with van der Waals surface area (Å²) in [6.07, 6.45) is 11.3. The zero-order valence-corrected chi connectivity index (χ0v) is 13.6. The van der Waals surface area contributed by atoms with Gasteiger partial charge in [0.2, 0.25) is 0 Å². The van der Waals surface area contributed by atoms with E-state index in [0.717, 1.165) is 12.5 Å². The molecule has 0 aliphatic carbocycles. The third-order valence-corrected chi connectivity index (χ3v) is 4.55. The molecule has 0 radical (unpaired) electrons. The average Bonchev–Trinajstić information content (AvgIpc) is 2.61. The zero-order valence-electron chi connectivity index (χ0n) is 13.6. The van der Waals surface area contributed by atoms with Crippen LogP contribution >= 0.6 is 0 Å². The number of unbranched alkanes of at least 4 members (excludes halogenated alkanes) is 1. The fourth-order valence-electron chi connectivity index (χ4n) is 3.38. The first-order valence-corrected chi connectivity index (χ1v) is 8.72. The van der Waals surface area contributed by atoms with Crippen LogP contribution in [0.4, 0.5) is 0 Å². The summed E-state index contributed by atoms with van der Waals surface area (Å²) in [5.41, 5.74) is 0. The monoisotopic (exact) mass is 268 g/mol. The van der Waals surface area contributed by atoms with Gasteiger partial charge in [-0.3, -0.25) is 0 Å². The molecule has 1 fully saturated rings. The molecule has 19 heavy (non-hydrogen) atoms. The predicted molar refractivity (Wildman–Crippen MR) is 85.7 cm³/mol. The highest BCUT2D eigenvalue weighted by Gasteiger charge is 2.15. The topological polar surface area (TPSA) is 15.3 Å². The molecule has 0 spiro atoms. The lowest BCUT2D eigenvalue weighted by Gasteiger charge is -2.20. The summed E-state index contributed by atoms with van der Waals surface area (Å²) in [7, 11) is 0. The van der Waals surface area contributed by atoms with Crippen molar-refractivity contribution in [3.63, 3.8) is 0 Å². The second-order valence-electron chi connectivity index (χ2n) is 6.38. The third-order valence-electron chi connectivity index (χ3n) is 4.55. The maximum atomic E-state index is 3.50. The van der Waals surface area contributed by atoms with Crippen LogP contribution < -0.4 is 5.32 Å². The lowest BCUT2D eigenvalue weighted by molar-refractivity contribution is 0.271. The summed E-state index contributed by atoms with van der Waals surface area (Å²) < 4.78 is 0. The van der Waals surface area contributed by atoms with E-state index in [-0.39, 0.29) is 0 Å². The van der Waals surface area contributed by atoms with Crippen LogP contribution in [0.1, 0.15) is 72.1 Å². The molecule has 1 rings (SSSR count). The highest BCUT2D eigenvalue weighted by Crippen LogP contribution is 2.22. The van der Waals surface area contributed by atoms with Gasteiger partial charge in [-0.1, -0.05) is 33.1 Å². The van der Waals surface area contributed by atoms with Crippen molar-refractivity contribution in [3.8, 4) is 0 Å². The summed E-state index contributed by atoms with van der Waals surface area (Å²) >= 11 is 0. The van der Waals surface area contributed by atoms with E-state index in [4.69, 9.17) is 0 Å². The lowest BCUT2D eigenvalue weighted by Crippen LogP contribution is -2.27. The molecular weight excluding hydrogens is 232 g/mol. The second-order valence-corrected chi connectivity index (χ2v) is 6.38. The zero-order chi connectivity index (χ0) is 13.9. The molecule has 1 heterocycles. The van der Waals surface area contributed by atoms with Crippen molar-refractivity contribution in [3.05, 3.63) is 0 Å². The first-order valence-electron chi connectivity index (χ1n) is 8.72. The van der Waals surface area contributed by atoms with Gasteiger partial charge in [0.25, 0.3) is 0 Å². The number of hydrogen-bond donors (Lipinski definition) is 1. The summed E-state index contributed by atoms with van der Waals surface area (Å²) in [5.74, 6) is 1.02. The van der Waals surface area contributed by atoms with Crippen LogP contribution in [-0.2, 0) is 0 Å². The second kappa shape index (κ2) is 10.7. The van der Waals surface area contributed by atoms with E-state index < -0.39 is 0 Å². The first-order chi connectivity index (χ1) is 9.26. The maximum absolute atomic E-state index is 3.50. The molecule has 2 heteroatoms. The van der Waals surface area contributed by atoms with Crippen molar-refractivity contribution in [2.75, 3.05) is 26.2 Å². The fraction of sp³-hybridized carbons (Fsp3) is 1.00. The molecule has 0 aromatic carbocycles. The molecular formula is C17H36N2. The van der Waals surface area contributed by atoms with E-state index in [1.165, 1.54) is 71.0 Å². The van der Waals surface area contributed by atoms with Crippen LogP contribution in [0.5, 0.6) is 0 Å². The Hall–Kier alpha value is -0.0800. The molecule has 0 bridgehead atoms. The van der Waals surface area contributed by atoms with Gasteiger partial charge in [0.05, 0.1) is 0 Å². The van der Waals surface area contributed by atoms with Crippen LogP contribution in [0.15, 0.2) is 0 Å². The summed E-state index contributed by atoms with van der Waals surface area (Å²) in [5, 5.41) is 3.50. The van der Waals surface area contributed by atoms with E-state index in [1.54, 1.807) is 0 Å². The number of hydrogen-bond acceptors (Lipinski definition) is 2. The van der Waals surface area contributed by atoms with Crippen molar-refractivity contribution in [1.82, 2.24) is 10.2 Å². The molecule has 2 unspecified atom stereocenters. The van der Waals surface area contributed by atoms with Gasteiger partial charge in [0.1, 0.15) is 0 Å². The lowest BCUT2D eigenvalue weighted by atomic mass is 9.96. The van der Waals surface area contributed by atoms with Gasteiger partial charge in [0.15, 0.2) is 0 Å².